The van der Waals surface area contributed by atoms with Crippen LogP contribution in [-0.4, -0.2) is 49.8 Å². The van der Waals surface area contributed by atoms with Crippen molar-refractivity contribution in [1.29, 1.82) is 0 Å². The van der Waals surface area contributed by atoms with E-state index in [4.69, 9.17) is 4.74 Å². The Hall–Kier alpha value is -0.120. The van der Waals surface area contributed by atoms with Gasteiger partial charge in [-0.2, -0.15) is 0 Å². The van der Waals surface area contributed by atoms with Crippen molar-refractivity contribution < 1.29 is 4.74 Å². The number of ether oxygens (including phenoxy) is 1. The average molecular weight is 296 g/mol. The number of rotatable bonds is 10. The Morgan fingerprint density at radius 1 is 1.19 bits per heavy atom. The van der Waals surface area contributed by atoms with Crippen LogP contribution in [0.3, 0.4) is 0 Å². The first-order valence-corrected chi connectivity index (χ1v) is 9.20. The third-order valence-electron chi connectivity index (χ3n) is 5.21. The van der Waals surface area contributed by atoms with Crippen molar-refractivity contribution in [3.05, 3.63) is 0 Å². The lowest BCUT2D eigenvalue weighted by atomic mass is 9.79. The summed E-state index contributed by atoms with van der Waals surface area (Å²) in [5.41, 5.74) is 0.442. The molecule has 0 aromatic heterocycles. The van der Waals surface area contributed by atoms with E-state index < -0.39 is 0 Å². The van der Waals surface area contributed by atoms with Crippen molar-refractivity contribution in [2.24, 2.45) is 5.41 Å². The van der Waals surface area contributed by atoms with Crippen molar-refractivity contribution in [1.82, 2.24) is 10.2 Å². The maximum Gasteiger partial charge on any atom is 0.0472 e. The first-order valence-electron chi connectivity index (χ1n) is 9.20. The summed E-state index contributed by atoms with van der Waals surface area (Å²) in [6.07, 6.45) is 9.24. The van der Waals surface area contributed by atoms with Gasteiger partial charge in [0, 0.05) is 38.4 Å². The second-order valence-electron chi connectivity index (χ2n) is 7.54. The Morgan fingerprint density at radius 3 is 2.48 bits per heavy atom. The van der Waals surface area contributed by atoms with E-state index in [0.29, 0.717) is 11.5 Å². The molecule has 2 fully saturated rings. The summed E-state index contributed by atoms with van der Waals surface area (Å²) < 4.78 is 5.64. The molecule has 0 amide bonds. The molecule has 2 aliphatic rings. The highest BCUT2D eigenvalue weighted by Crippen LogP contribution is 2.33. The Kier molecular flexibility index (Phi) is 6.97. The second-order valence-corrected chi connectivity index (χ2v) is 7.54. The smallest absolute Gasteiger partial charge is 0.0472 e. The molecule has 0 spiro atoms. The molecule has 1 heterocycles. The largest absolute Gasteiger partial charge is 0.381 e. The van der Waals surface area contributed by atoms with Crippen LogP contribution in [-0.2, 0) is 4.74 Å². The van der Waals surface area contributed by atoms with Gasteiger partial charge in [-0.1, -0.05) is 19.8 Å². The maximum atomic E-state index is 5.64. The van der Waals surface area contributed by atoms with Gasteiger partial charge in [0.25, 0.3) is 0 Å². The van der Waals surface area contributed by atoms with Crippen molar-refractivity contribution >= 4 is 0 Å². The predicted octanol–water partition coefficient (Wildman–Crippen LogP) is 3.44. The van der Waals surface area contributed by atoms with E-state index in [1.165, 1.54) is 64.6 Å². The van der Waals surface area contributed by atoms with Gasteiger partial charge in [0.1, 0.15) is 0 Å². The second kappa shape index (κ2) is 8.50. The molecule has 1 N–H and O–H groups in total. The Morgan fingerprint density at radius 2 is 1.90 bits per heavy atom. The molecule has 0 aromatic carbocycles. The Balaban J connectivity index is 1.89. The van der Waals surface area contributed by atoms with Crippen molar-refractivity contribution in [3.8, 4) is 0 Å². The van der Waals surface area contributed by atoms with Crippen molar-refractivity contribution in [2.75, 3.05) is 32.8 Å². The van der Waals surface area contributed by atoms with E-state index >= 15 is 0 Å². The fourth-order valence-electron chi connectivity index (χ4n) is 3.36. The van der Waals surface area contributed by atoms with E-state index in [2.05, 4.69) is 31.0 Å². The molecule has 1 aliphatic carbocycles. The van der Waals surface area contributed by atoms with Crippen LogP contribution >= 0.6 is 0 Å². The van der Waals surface area contributed by atoms with E-state index in [9.17, 15) is 0 Å². The average Bonchev–Trinajstić information content (AvgIpc) is 3.30. The zero-order valence-electron chi connectivity index (χ0n) is 14.5. The minimum atomic E-state index is 0.442. The molecule has 0 radical (unpaired) electrons. The summed E-state index contributed by atoms with van der Waals surface area (Å²) in [5.74, 6) is 0. The summed E-state index contributed by atoms with van der Waals surface area (Å²) in [6.45, 7) is 12.6. The molecule has 1 saturated heterocycles. The van der Waals surface area contributed by atoms with E-state index in [1.807, 2.05) is 0 Å². The van der Waals surface area contributed by atoms with Crippen LogP contribution in [0.4, 0.5) is 0 Å². The number of unbranched alkanes of at least 4 members (excludes halogenated alkanes) is 2. The van der Waals surface area contributed by atoms with Crippen LogP contribution in [0.2, 0.25) is 0 Å². The summed E-state index contributed by atoms with van der Waals surface area (Å²) >= 11 is 0. The molecule has 0 atom stereocenters. The zero-order valence-corrected chi connectivity index (χ0v) is 14.5. The van der Waals surface area contributed by atoms with Crippen LogP contribution in [0, 0.1) is 5.41 Å². The molecular formula is C18H36N2O. The van der Waals surface area contributed by atoms with Gasteiger partial charge >= 0.3 is 0 Å². The van der Waals surface area contributed by atoms with Crippen molar-refractivity contribution in [2.45, 2.75) is 77.8 Å². The molecule has 1 saturated carbocycles. The summed E-state index contributed by atoms with van der Waals surface area (Å²) in [7, 11) is 0. The lowest BCUT2D eigenvalue weighted by Gasteiger charge is -2.42. The van der Waals surface area contributed by atoms with Gasteiger partial charge in [-0.15, -0.1) is 0 Å². The summed E-state index contributed by atoms with van der Waals surface area (Å²) in [4.78, 5) is 2.72. The van der Waals surface area contributed by atoms with Gasteiger partial charge in [0.2, 0.25) is 0 Å². The molecule has 0 aromatic rings. The third-order valence-corrected chi connectivity index (χ3v) is 5.21. The number of hydrogen-bond donors (Lipinski definition) is 1. The van der Waals surface area contributed by atoms with Crippen molar-refractivity contribution in [3.63, 3.8) is 0 Å². The van der Waals surface area contributed by atoms with E-state index in [0.717, 1.165) is 19.3 Å². The molecule has 2 rings (SSSR count). The number of hydrogen-bond acceptors (Lipinski definition) is 3. The first-order chi connectivity index (χ1) is 10.2. The molecule has 0 bridgehead atoms. The molecule has 21 heavy (non-hydrogen) atoms. The van der Waals surface area contributed by atoms with E-state index in [-0.39, 0.29) is 0 Å². The fraction of sp³-hybridized carbons (Fsp3) is 1.00. The van der Waals surface area contributed by atoms with Gasteiger partial charge in [0.05, 0.1) is 0 Å². The van der Waals surface area contributed by atoms with Gasteiger partial charge in [0.15, 0.2) is 0 Å². The van der Waals surface area contributed by atoms with Crippen LogP contribution < -0.4 is 5.32 Å². The normalized spacial score (nSPS) is 22.1. The lowest BCUT2D eigenvalue weighted by Crippen LogP contribution is -2.49. The summed E-state index contributed by atoms with van der Waals surface area (Å²) in [6, 6.07) is 1.47. The standard InChI is InChI=1S/C18H36N2O/c1-4-5-6-11-20(16(2)3)15-18(9-12-21-13-10-18)14-19-17-7-8-17/h16-17,19H,4-15H2,1-3H3. The highest BCUT2D eigenvalue weighted by atomic mass is 16.5. The quantitative estimate of drug-likeness (QED) is 0.625. The highest BCUT2D eigenvalue weighted by molar-refractivity contribution is 4.91. The Labute approximate surface area is 131 Å². The Bertz CT molecular complexity index is 283. The van der Waals surface area contributed by atoms with Crippen LogP contribution in [0.25, 0.3) is 0 Å². The zero-order chi connectivity index (χ0) is 15.1. The van der Waals surface area contributed by atoms with Crippen LogP contribution in [0.1, 0.15) is 65.7 Å². The predicted molar refractivity (Wildman–Crippen MR) is 89.7 cm³/mol. The van der Waals surface area contributed by atoms with Gasteiger partial charge in [-0.25, -0.2) is 0 Å². The molecule has 3 heteroatoms. The topological polar surface area (TPSA) is 24.5 Å². The first kappa shape index (κ1) is 17.2. The van der Waals surface area contributed by atoms with E-state index in [1.54, 1.807) is 0 Å². The molecule has 0 unspecified atom stereocenters. The minimum Gasteiger partial charge on any atom is -0.381 e. The van der Waals surface area contributed by atoms with Gasteiger partial charge in [-0.05, 0) is 57.9 Å². The van der Waals surface area contributed by atoms with Gasteiger partial charge in [-0.3, -0.25) is 0 Å². The van der Waals surface area contributed by atoms with Crippen LogP contribution in [0.5, 0.6) is 0 Å². The molecule has 124 valence electrons. The third kappa shape index (κ3) is 5.88. The highest BCUT2D eigenvalue weighted by Gasteiger charge is 2.36. The summed E-state index contributed by atoms with van der Waals surface area (Å²) in [5, 5.41) is 3.80. The molecule has 3 nitrogen and oxygen atoms in total. The minimum absolute atomic E-state index is 0.442. The van der Waals surface area contributed by atoms with Gasteiger partial charge < -0.3 is 15.0 Å². The SMILES string of the molecule is CCCCCN(CC1(CNC2CC2)CCOCC1)C(C)C. The monoisotopic (exact) mass is 296 g/mol. The molecule has 1 aliphatic heterocycles. The lowest BCUT2D eigenvalue weighted by molar-refractivity contribution is -0.00995. The molecular weight excluding hydrogens is 260 g/mol. The number of nitrogens with one attached hydrogen (secondary N) is 1. The van der Waals surface area contributed by atoms with Crippen LogP contribution in [0.15, 0.2) is 0 Å². The number of nitrogens with zero attached hydrogens (tertiary/aromatic N) is 1. The fourth-order valence-corrected chi connectivity index (χ4v) is 3.36. The maximum absolute atomic E-state index is 5.64.